The van der Waals surface area contributed by atoms with Crippen LogP contribution in [0.4, 0.5) is 11.4 Å². The third-order valence-electron chi connectivity index (χ3n) is 5.70. The lowest BCUT2D eigenvalue weighted by Crippen LogP contribution is -2.36. The summed E-state index contributed by atoms with van der Waals surface area (Å²) in [6.45, 7) is 1.82. The number of nitrogen functional groups attached to an aromatic ring is 1. The molecule has 0 amide bonds. The first-order chi connectivity index (χ1) is 14.9. The number of nitro groups is 1. The predicted molar refractivity (Wildman–Crippen MR) is 114 cm³/mol. The number of aromatic nitrogens is 2. The first kappa shape index (κ1) is 20.6. The van der Waals surface area contributed by atoms with Gasteiger partial charge in [-0.3, -0.25) is 19.8 Å². The van der Waals surface area contributed by atoms with Crippen LogP contribution in [0.15, 0.2) is 36.5 Å². The lowest BCUT2D eigenvalue weighted by Gasteiger charge is -2.30. The minimum Gasteiger partial charge on any atom is -0.490 e. The molecular weight excluding hydrogens is 402 g/mol. The summed E-state index contributed by atoms with van der Waals surface area (Å²) in [6.07, 6.45) is 2.94. The summed E-state index contributed by atoms with van der Waals surface area (Å²) in [5, 5.41) is 20.7. The Morgan fingerprint density at radius 3 is 2.71 bits per heavy atom. The van der Waals surface area contributed by atoms with Gasteiger partial charge < -0.3 is 20.0 Å². The van der Waals surface area contributed by atoms with E-state index in [1.807, 2.05) is 4.40 Å². The second-order valence-electron chi connectivity index (χ2n) is 7.63. The molecule has 162 valence electrons. The van der Waals surface area contributed by atoms with Crippen LogP contribution >= 0.6 is 0 Å². The average Bonchev–Trinajstić information content (AvgIpc) is 3.11. The zero-order valence-corrected chi connectivity index (χ0v) is 17.0. The number of hydrogen-bond donors (Lipinski definition) is 2. The van der Waals surface area contributed by atoms with Crippen LogP contribution in [0, 0.1) is 16.0 Å². The molecule has 1 saturated heterocycles. The number of benzene rings is 1. The number of nitro benzene ring substituents is 1. The molecule has 0 radical (unpaired) electrons. The van der Waals surface area contributed by atoms with E-state index < -0.39 is 10.9 Å². The number of anilines is 1. The number of rotatable bonds is 6. The van der Waals surface area contributed by atoms with Crippen molar-refractivity contribution in [2.45, 2.75) is 19.4 Å². The number of carbonyl (C=O) groups is 1. The van der Waals surface area contributed by atoms with Crippen molar-refractivity contribution in [1.82, 2.24) is 14.3 Å². The highest BCUT2D eigenvalue weighted by Gasteiger charge is 2.27. The molecule has 10 heteroatoms. The number of pyridine rings is 1. The highest BCUT2D eigenvalue weighted by atomic mass is 16.6. The van der Waals surface area contributed by atoms with Gasteiger partial charge in [-0.25, -0.2) is 4.98 Å². The van der Waals surface area contributed by atoms with Crippen LogP contribution in [0.3, 0.4) is 0 Å². The molecule has 3 N–H and O–H groups in total. The Morgan fingerprint density at radius 1 is 1.32 bits per heavy atom. The van der Waals surface area contributed by atoms with Gasteiger partial charge >= 0.3 is 11.7 Å². The molecule has 1 fully saturated rings. The van der Waals surface area contributed by atoms with Crippen LogP contribution < -0.4 is 10.5 Å². The third-order valence-corrected chi connectivity index (χ3v) is 5.70. The largest absolute Gasteiger partial charge is 0.490 e. The number of aliphatic carboxylic acids is 1. The Hall–Kier alpha value is -3.66. The Morgan fingerprint density at radius 2 is 2.06 bits per heavy atom. The van der Waals surface area contributed by atoms with Gasteiger partial charge in [-0.1, -0.05) is 0 Å². The lowest BCUT2D eigenvalue weighted by atomic mass is 9.97. The number of fused-ring (bicyclic) bond motifs is 1. The summed E-state index contributed by atoms with van der Waals surface area (Å²) >= 11 is 0. The molecule has 4 rings (SSSR count). The Bertz CT molecular complexity index is 1150. The molecule has 3 heterocycles. The SMILES string of the molecule is COc1ccc(-c2nc3ccc(N)cn3c2CN2CCC(C(=O)O)CC2)cc1[N+](=O)[O-]. The second kappa shape index (κ2) is 8.23. The van der Waals surface area contributed by atoms with Crippen molar-refractivity contribution in [2.24, 2.45) is 5.92 Å². The number of piperidine rings is 1. The molecule has 10 nitrogen and oxygen atoms in total. The van der Waals surface area contributed by atoms with E-state index in [9.17, 15) is 20.0 Å². The molecule has 1 aromatic carbocycles. The van der Waals surface area contributed by atoms with Crippen LogP contribution in [-0.4, -0.2) is 50.5 Å². The van der Waals surface area contributed by atoms with Crippen LogP contribution in [0.1, 0.15) is 18.5 Å². The number of carboxylic acids is 1. The summed E-state index contributed by atoms with van der Waals surface area (Å²) in [7, 11) is 1.39. The number of imidazole rings is 1. The van der Waals surface area contributed by atoms with E-state index in [-0.39, 0.29) is 17.4 Å². The second-order valence-corrected chi connectivity index (χ2v) is 7.63. The lowest BCUT2D eigenvalue weighted by molar-refractivity contribution is -0.385. The van der Waals surface area contributed by atoms with E-state index in [4.69, 9.17) is 15.5 Å². The first-order valence-corrected chi connectivity index (χ1v) is 9.91. The molecule has 0 atom stereocenters. The number of methoxy groups -OCH3 is 1. The number of nitrogens with zero attached hydrogens (tertiary/aromatic N) is 4. The fourth-order valence-electron chi connectivity index (χ4n) is 4.02. The van der Waals surface area contributed by atoms with Gasteiger partial charge in [0.1, 0.15) is 5.65 Å². The Balaban J connectivity index is 1.75. The van der Waals surface area contributed by atoms with Gasteiger partial charge in [0, 0.05) is 30.1 Å². The van der Waals surface area contributed by atoms with E-state index in [1.165, 1.54) is 13.2 Å². The van der Waals surface area contributed by atoms with Crippen molar-refractivity contribution < 1.29 is 19.6 Å². The molecule has 31 heavy (non-hydrogen) atoms. The minimum atomic E-state index is -0.756. The standard InChI is InChI=1S/C21H23N5O5/c1-31-18-4-2-14(10-16(18)26(29)30)20-17(25-11-15(22)3-5-19(25)23-20)12-24-8-6-13(7-9-24)21(27)28/h2-5,10-11,13H,6-9,12,22H2,1H3,(H,27,28). The van der Waals surface area contributed by atoms with Gasteiger partial charge in [0.2, 0.25) is 0 Å². The van der Waals surface area contributed by atoms with Crippen LogP contribution in [0.5, 0.6) is 5.75 Å². The zero-order valence-electron chi connectivity index (χ0n) is 17.0. The Labute approximate surface area is 178 Å². The summed E-state index contributed by atoms with van der Waals surface area (Å²) in [6, 6.07) is 8.33. The maximum atomic E-state index is 11.5. The normalized spacial score (nSPS) is 15.3. The number of ether oxygens (including phenoxy) is 1. The fourth-order valence-corrected chi connectivity index (χ4v) is 4.02. The molecule has 0 aliphatic carbocycles. The Kier molecular flexibility index (Phi) is 5.47. The van der Waals surface area contributed by atoms with Gasteiger partial charge in [0.15, 0.2) is 5.75 Å². The maximum Gasteiger partial charge on any atom is 0.311 e. The van der Waals surface area contributed by atoms with E-state index in [0.717, 1.165) is 5.69 Å². The van der Waals surface area contributed by atoms with Crippen molar-refractivity contribution in [3.05, 3.63) is 52.3 Å². The number of carboxylic acid groups (broad SMARTS) is 1. The van der Waals surface area contributed by atoms with Crippen molar-refractivity contribution >= 4 is 23.0 Å². The van der Waals surface area contributed by atoms with E-state index in [0.29, 0.717) is 55.1 Å². The molecule has 0 spiro atoms. The molecule has 0 unspecified atom stereocenters. The van der Waals surface area contributed by atoms with Crippen LogP contribution in [0.25, 0.3) is 16.9 Å². The maximum absolute atomic E-state index is 11.5. The first-order valence-electron chi connectivity index (χ1n) is 9.91. The van der Waals surface area contributed by atoms with Crippen molar-refractivity contribution in [1.29, 1.82) is 0 Å². The molecular formula is C21H23N5O5. The zero-order chi connectivity index (χ0) is 22.1. The highest BCUT2D eigenvalue weighted by molar-refractivity contribution is 5.71. The van der Waals surface area contributed by atoms with Crippen molar-refractivity contribution in [3.8, 4) is 17.0 Å². The smallest absolute Gasteiger partial charge is 0.311 e. The molecule has 1 aliphatic rings. The number of likely N-dealkylation sites (tertiary alicyclic amines) is 1. The molecule has 0 saturated carbocycles. The topological polar surface area (TPSA) is 136 Å². The van der Waals surface area contributed by atoms with E-state index in [1.54, 1.807) is 30.5 Å². The van der Waals surface area contributed by atoms with Crippen molar-refractivity contribution in [2.75, 3.05) is 25.9 Å². The average molecular weight is 425 g/mol. The van der Waals surface area contributed by atoms with Gasteiger partial charge in [-0.15, -0.1) is 0 Å². The number of hydrogen-bond acceptors (Lipinski definition) is 7. The molecule has 3 aromatic rings. The van der Waals surface area contributed by atoms with E-state index >= 15 is 0 Å². The molecule has 0 bridgehead atoms. The third kappa shape index (κ3) is 4.02. The van der Waals surface area contributed by atoms with Gasteiger partial charge in [-0.05, 0) is 50.2 Å². The molecule has 2 aromatic heterocycles. The van der Waals surface area contributed by atoms with Crippen molar-refractivity contribution in [3.63, 3.8) is 0 Å². The quantitative estimate of drug-likeness (QED) is 0.454. The highest BCUT2D eigenvalue weighted by Crippen LogP contribution is 2.34. The van der Waals surface area contributed by atoms with Crippen LogP contribution in [-0.2, 0) is 11.3 Å². The summed E-state index contributed by atoms with van der Waals surface area (Å²) in [5.41, 5.74) is 9.18. The van der Waals surface area contributed by atoms with E-state index in [2.05, 4.69) is 4.90 Å². The predicted octanol–water partition coefficient (Wildman–Crippen LogP) is 2.80. The minimum absolute atomic E-state index is 0.134. The monoisotopic (exact) mass is 425 g/mol. The fraction of sp³-hybridized carbons (Fsp3) is 0.333. The van der Waals surface area contributed by atoms with Crippen LogP contribution in [0.2, 0.25) is 0 Å². The van der Waals surface area contributed by atoms with Gasteiger partial charge in [0.25, 0.3) is 0 Å². The summed E-state index contributed by atoms with van der Waals surface area (Å²) in [4.78, 5) is 29.2. The van der Waals surface area contributed by atoms with Gasteiger partial charge in [-0.2, -0.15) is 0 Å². The molecule has 1 aliphatic heterocycles. The summed E-state index contributed by atoms with van der Waals surface area (Å²) in [5.74, 6) is -0.898. The summed E-state index contributed by atoms with van der Waals surface area (Å²) < 4.78 is 7.01. The number of nitrogens with two attached hydrogens (primary N) is 1. The van der Waals surface area contributed by atoms with Gasteiger partial charge in [0.05, 0.1) is 29.3 Å².